The molecule has 1 saturated carbocycles. The average Bonchev–Trinajstić information content (AvgIpc) is 3.83. The number of aromatic nitrogens is 9. The van der Waals surface area contributed by atoms with Gasteiger partial charge in [-0.15, -0.1) is 0 Å². The van der Waals surface area contributed by atoms with E-state index in [9.17, 15) is 19.2 Å². The lowest BCUT2D eigenvalue weighted by atomic mass is 9.72. The number of nitrogen functional groups attached to an aromatic ring is 1. The highest BCUT2D eigenvalue weighted by molar-refractivity contribution is 6.09. The van der Waals surface area contributed by atoms with Gasteiger partial charge in [0.25, 0.3) is 5.91 Å². The van der Waals surface area contributed by atoms with Crippen molar-refractivity contribution in [2.24, 2.45) is 18.4 Å². The lowest BCUT2D eigenvalue weighted by Crippen LogP contribution is -2.72. The van der Waals surface area contributed by atoms with Crippen molar-refractivity contribution in [3.8, 4) is 22.8 Å². The molecule has 23 heteroatoms. The van der Waals surface area contributed by atoms with Gasteiger partial charge in [0, 0.05) is 114 Å². The molecule has 12 rings (SSSR count). The molecule has 6 fully saturated rings. The molecule has 376 valence electrons. The molecular formula is C49H57FN16O6. The lowest BCUT2D eigenvalue weighted by Gasteiger charge is -2.61. The predicted octanol–water partition coefficient (Wildman–Crippen LogP) is 4.83. The number of nitrogens with two attached hydrogens (primary N) is 1. The maximum atomic E-state index is 16.0. The minimum atomic E-state index is -0.554. The van der Waals surface area contributed by atoms with E-state index in [1.54, 1.807) is 22.9 Å². The Morgan fingerprint density at radius 3 is 2.35 bits per heavy atom. The molecule has 0 atom stereocenters. The van der Waals surface area contributed by atoms with Crippen LogP contribution in [0.4, 0.5) is 31.3 Å². The quantitative estimate of drug-likeness (QED) is 0.177. The molecule has 5 aromatic heterocycles. The summed E-state index contributed by atoms with van der Waals surface area (Å²) in [5.41, 5.74) is 10.7. The van der Waals surface area contributed by atoms with Crippen LogP contribution in [0.25, 0.3) is 44.7 Å². The second kappa shape index (κ2) is 17.8. The zero-order valence-corrected chi connectivity index (χ0v) is 40.6. The normalized spacial score (nSPS) is 20.0. The van der Waals surface area contributed by atoms with Crippen molar-refractivity contribution in [2.45, 2.75) is 76.7 Å². The molecule has 10 heterocycles. The van der Waals surface area contributed by atoms with Gasteiger partial charge in [-0.05, 0) is 81.9 Å². The van der Waals surface area contributed by atoms with Crippen LogP contribution in [-0.2, 0) is 21.4 Å². The molecule has 5 amide bonds. The van der Waals surface area contributed by atoms with E-state index < -0.39 is 12.1 Å². The number of rotatable bonds is 11. The summed E-state index contributed by atoms with van der Waals surface area (Å²) < 4.78 is 30.8. The fraction of sp³-hybridized carbons (Fsp3) is 0.531. The third-order valence-electron chi connectivity index (χ3n) is 15.5. The first-order valence-electron chi connectivity index (χ1n) is 25.1. The Kier molecular flexibility index (Phi) is 11.3. The SMILES string of the molecule is CC(C)n1nc(-c2noc(C3CC3)c2-c2ncc(C3CCN(C(=O)OCC(=O)N4CCC(CN5CC6(C5)CN(c5ccc7c(N8CCC(=O)NC8=O)nn(C)c7c5F)C6)CC4)CC3)cn2)c2c(N)ncnc21. The highest BCUT2D eigenvalue weighted by atomic mass is 19.1. The maximum Gasteiger partial charge on any atom is 0.410 e. The Labute approximate surface area is 413 Å². The van der Waals surface area contributed by atoms with Crippen LogP contribution in [0.2, 0.25) is 0 Å². The molecule has 72 heavy (non-hydrogen) atoms. The van der Waals surface area contributed by atoms with E-state index >= 15 is 4.39 Å². The molecule has 22 nitrogen and oxygen atoms in total. The summed E-state index contributed by atoms with van der Waals surface area (Å²) in [5, 5.41) is 17.3. The first kappa shape index (κ1) is 45.8. The van der Waals surface area contributed by atoms with Crippen LogP contribution in [0.15, 0.2) is 35.4 Å². The molecule has 5 saturated heterocycles. The van der Waals surface area contributed by atoms with Crippen molar-refractivity contribution in [3.05, 3.63) is 48.0 Å². The van der Waals surface area contributed by atoms with E-state index in [2.05, 4.69) is 35.3 Å². The second-order valence-electron chi connectivity index (χ2n) is 20.9. The minimum absolute atomic E-state index is 0.0150. The van der Waals surface area contributed by atoms with Crippen LogP contribution in [-0.4, -0.2) is 155 Å². The van der Waals surface area contributed by atoms with Gasteiger partial charge < -0.3 is 34.6 Å². The Bertz CT molecular complexity index is 3120. The number of imide groups is 1. The topological polar surface area (TPSA) is 245 Å². The largest absolute Gasteiger partial charge is 0.439 e. The van der Waals surface area contributed by atoms with Gasteiger partial charge in [-0.2, -0.15) is 10.2 Å². The number of anilines is 3. The third-order valence-corrected chi connectivity index (χ3v) is 15.5. The number of fused-ring (bicyclic) bond motifs is 2. The van der Waals surface area contributed by atoms with Crippen molar-refractivity contribution in [2.75, 3.05) is 87.6 Å². The average molecular weight is 985 g/mol. The van der Waals surface area contributed by atoms with Gasteiger partial charge in [-0.1, -0.05) is 5.16 Å². The number of halogens is 1. The summed E-state index contributed by atoms with van der Waals surface area (Å²) in [6, 6.07) is 3.03. The number of carbonyl (C=O) groups excluding carboxylic acids is 4. The van der Waals surface area contributed by atoms with Gasteiger partial charge in [0.15, 0.2) is 35.5 Å². The Balaban J connectivity index is 0.584. The van der Waals surface area contributed by atoms with Crippen LogP contribution in [0.5, 0.6) is 0 Å². The number of nitrogens with one attached hydrogen (secondary N) is 1. The highest BCUT2D eigenvalue weighted by Crippen LogP contribution is 2.48. The molecule has 5 aliphatic heterocycles. The monoisotopic (exact) mass is 984 g/mol. The minimum Gasteiger partial charge on any atom is -0.439 e. The zero-order valence-electron chi connectivity index (χ0n) is 40.6. The summed E-state index contributed by atoms with van der Waals surface area (Å²) >= 11 is 0. The predicted molar refractivity (Wildman–Crippen MR) is 260 cm³/mol. The van der Waals surface area contributed by atoms with Gasteiger partial charge in [-0.25, -0.2) is 38.6 Å². The van der Waals surface area contributed by atoms with Gasteiger partial charge >= 0.3 is 12.1 Å². The summed E-state index contributed by atoms with van der Waals surface area (Å²) in [7, 11) is 1.66. The van der Waals surface area contributed by atoms with Gasteiger partial charge in [-0.3, -0.25) is 24.5 Å². The zero-order chi connectivity index (χ0) is 49.6. The lowest BCUT2D eigenvalue weighted by molar-refractivity contribution is -0.136. The van der Waals surface area contributed by atoms with Gasteiger partial charge in [0.2, 0.25) is 5.91 Å². The summed E-state index contributed by atoms with van der Waals surface area (Å²) in [6.45, 7) is 10.5. The van der Waals surface area contributed by atoms with Crippen molar-refractivity contribution < 1.29 is 32.8 Å². The molecule has 3 N–H and O–H groups in total. The molecule has 1 aliphatic carbocycles. The number of likely N-dealkylation sites (tertiary alicyclic amines) is 3. The second-order valence-corrected chi connectivity index (χ2v) is 20.9. The van der Waals surface area contributed by atoms with E-state index in [1.807, 2.05) is 37.0 Å². The van der Waals surface area contributed by atoms with Crippen molar-refractivity contribution >= 4 is 63.2 Å². The molecule has 6 aliphatic rings. The standard InChI is InChI=1S/C49H57FN16O6/c1-27(2)66-46-37(43(51)54-26-55-46)39(57-66)40-36(42(72-59-40)30-4-5-30)44-52-18-31(19-53-44)29-10-15-63(16-11-29)48(70)71-21-35(68)62-13-8-28(9-14-62)20-61-22-49(23-61)24-64(25-49)33-7-6-32-41(38(33)50)60(3)58-45(32)65-17-12-34(67)56-47(65)69/h6-7,18-19,26-30H,4-5,8-17,20-25H2,1-3H3,(H2,51,54,55)(H,56,67,69). The Morgan fingerprint density at radius 2 is 1.64 bits per heavy atom. The highest BCUT2D eigenvalue weighted by Gasteiger charge is 2.52. The number of urea groups is 1. The van der Waals surface area contributed by atoms with Gasteiger partial charge in [0.1, 0.15) is 29.0 Å². The van der Waals surface area contributed by atoms with E-state index in [-0.39, 0.29) is 60.5 Å². The van der Waals surface area contributed by atoms with Crippen LogP contribution < -0.4 is 20.9 Å². The number of hydrogen-bond donors (Lipinski definition) is 2. The van der Waals surface area contributed by atoms with Crippen LogP contribution in [0.3, 0.4) is 0 Å². The number of piperidine rings is 2. The molecule has 1 aromatic carbocycles. The van der Waals surface area contributed by atoms with Gasteiger partial charge in [0.05, 0.1) is 16.6 Å². The number of benzene rings is 1. The van der Waals surface area contributed by atoms with E-state index in [0.717, 1.165) is 69.7 Å². The maximum absolute atomic E-state index is 16.0. The van der Waals surface area contributed by atoms with Crippen molar-refractivity contribution in [1.29, 1.82) is 0 Å². The summed E-state index contributed by atoms with van der Waals surface area (Å²) in [4.78, 5) is 78.3. The number of amides is 5. The first-order chi connectivity index (χ1) is 34.8. The molecule has 0 unspecified atom stereocenters. The van der Waals surface area contributed by atoms with Crippen LogP contribution in [0, 0.1) is 17.2 Å². The summed E-state index contributed by atoms with van der Waals surface area (Å²) in [6.07, 6.45) is 9.96. The fourth-order valence-electron chi connectivity index (χ4n) is 11.6. The number of aryl methyl sites for hydroxylation is 1. The number of carbonyl (C=O) groups is 4. The molecule has 6 aromatic rings. The van der Waals surface area contributed by atoms with Crippen LogP contribution >= 0.6 is 0 Å². The van der Waals surface area contributed by atoms with E-state index in [0.29, 0.717) is 107 Å². The molecule has 1 spiro atoms. The first-order valence-corrected chi connectivity index (χ1v) is 25.1. The molecular weight excluding hydrogens is 928 g/mol. The molecule has 0 radical (unpaired) electrons. The van der Waals surface area contributed by atoms with Crippen molar-refractivity contribution in [3.63, 3.8) is 0 Å². The third kappa shape index (κ3) is 8.10. The fourth-order valence-corrected chi connectivity index (χ4v) is 11.6. The van der Waals surface area contributed by atoms with E-state index in [4.69, 9.17) is 30.1 Å². The number of hydrogen-bond acceptors (Lipinski definition) is 16. The smallest absolute Gasteiger partial charge is 0.410 e. The number of ether oxygens (including phenoxy) is 1. The van der Waals surface area contributed by atoms with E-state index in [1.165, 1.54) is 15.9 Å². The van der Waals surface area contributed by atoms with Crippen LogP contribution in [0.1, 0.15) is 88.0 Å². The van der Waals surface area contributed by atoms with Crippen molar-refractivity contribution in [1.82, 2.24) is 64.7 Å². The number of nitrogens with zero attached hydrogens (tertiary/aromatic N) is 14. The summed E-state index contributed by atoms with van der Waals surface area (Å²) in [5.74, 6) is 1.82. The molecule has 0 bridgehead atoms. The Morgan fingerprint density at radius 1 is 0.903 bits per heavy atom. The Hall–Kier alpha value is -7.30.